The minimum atomic E-state index is -0.0453. The van der Waals surface area contributed by atoms with E-state index in [1.165, 1.54) is 32.5 Å². The second-order valence-electron chi connectivity index (χ2n) is 7.46. The summed E-state index contributed by atoms with van der Waals surface area (Å²) in [6, 6.07) is 21.2. The Balaban J connectivity index is 1.72. The molecule has 4 aromatic rings. The predicted octanol–water partition coefficient (Wildman–Crippen LogP) is 6.86. The molecule has 1 aliphatic rings. The van der Waals surface area contributed by atoms with Gasteiger partial charge in [0.15, 0.2) is 0 Å². The van der Waals surface area contributed by atoms with Crippen molar-refractivity contribution in [1.29, 1.82) is 0 Å². The van der Waals surface area contributed by atoms with Gasteiger partial charge in [0.05, 0.1) is 10.2 Å². The van der Waals surface area contributed by atoms with E-state index in [2.05, 4.69) is 62.4 Å². The van der Waals surface area contributed by atoms with E-state index in [1.54, 1.807) is 11.3 Å². The van der Waals surface area contributed by atoms with E-state index in [0.29, 0.717) is 0 Å². The van der Waals surface area contributed by atoms with Crippen molar-refractivity contribution in [1.82, 2.24) is 4.98 Å². The summed E-state index contributed by atoms with van der Waals surface area (Å²) < 4.78 is 1.22. The van der Waals surface area contributed by atoms with Crippen LogP contribution in [0.3, 0.4) is 0 Å². The van der Waals surface area contributed by atoms with Crippen molar-refractivity contribution in [3.63, 3.8) is 0 Å². The van der Waals surface area contributed by atoms with Crippen LogP contribution in [0.2, 0.25) is 0 Å². The fourth-order valence-corrected chi connectivity index (χ4v) is 5.69. The first-order chi connectivity index (χ1) is 13.7. The van der Waals surface area contributed by atoms with Crippen LogP contribution in [-0.2, 0) is 5.41 Å². The first kappa shape index (κ1) is 17.3. The summed E-state index contributed by atoms with van der Waals surface area (Å²) in [6.07, 6.45) is 2.97. The fraction of sp³-hybridized carbons (Fsp3) is 0.200. The van der Waals surface area contributed by atoms with Gasteiger partial charge in [-0.15, -0.1) is 11.3 Å². The molecule has 0 saturated heterocycles. The van der Waals surface area contributed by atoms with Crippen molar-refractivity contribution in [2.24, 2.45) is 0 Å². The zero-order chi connectivity index (χ0) is 19.3. The predicted molar refractivity (Wildman–Crippen MR) is 117 cm³/mol. The molecule has 2 nitrogen and oxygen atoms in total. The van der Waals surface area contributed by atoms with Crippen LogP contribution in [0.1, 0.15) is 48.2 Å². The molecule has 3 aromatic carbocycles. The van der Waals surface area contributed by atoms with Crippen LogP contribution < -0.4 is 0 Å². The summed E-state index contributed by atoms with van der Waals surface area (Å²) in [7, 11) is 0. The Kier molecular flexibility index (Phi) is 3.95. The van der Waals surface area contributed by atoms with Crippen molar-refractivity contribution in [3.8, 4) is 21.7 Å². The maximum Gasteiger partial charge on any atom is 0.150 e. The Hall–Kier alpha value is -2.78. The van der Waals surface area contributed by atoms with E-state index in [-0.39, 0.29) is 5.41 Å². The number of para-hydroxylation sites is 1. The molecule has 138 valence electrons. The monoisotopic (exact) mass is 383 g/mol. The summed E-state index contributed by atoms with van der Waals surface area (Å²) in [5.41, 5.74) is 8.15. The van der Waals surface area contributed by atoms with Crippen LogP contribution in [-0.4, -0.2) is 11.3 Å². The third-order valence-corrected chi connectivity index (χ3v) is 7.35. The van der Waals surface area contributed by atoms with Crippen LogP contribution in [0, 0.1) is 0 Å². The molecular formula is C25H21NOS. The summed E-state index contributed by atoms with van der Waals surface area (Å²) in [5.74, 6) is 0. The lowest BCUT2D eigenvalue weighted by Crippen LogP contribution is -2.23. The molecule has 0 amide bonds. The molecule has 0 unspecified atom stereocenters. The van der Waals surface area contributed by atoms with Gasteiger partial charge in [-0.25, -0.2) is 4.98 Å². The van der Waals surface area contributed by atoms with Crippen LogP contribution in [0.4, 0.5) is 0 Å². The molecule has 1 heterocycles. The molecule has 5 rings (SSSR count). The molecule has 0 saturated carbocycles. The number of carbonyl (C=O) groups is 1. The number of aldehydes is 1. The van der Waals surface area contributed by atoms with Gasteiger partial charge >= 0.3 is 0 Å². The highest BCUT2D eigenvalue weighted by Gasteiger charge is 2.40. The number of benzene rings is 3. The Morgan fingerprint density at radius 3 is 2.36 bits per heavy atom. The van der Waals surface area contributed by atoms with Crippen molar-refractivity contribution < 1.29 is 4.79 Å². The minimum absolute atomic E-state index is 0.0453. The maximum atomic E-state index is 11.4. The summed E-state index contributed by atoms with van der Waals surface area (Å²) in [6.45, 7) is 4.50. The third kappa shape index (κ3) is 2.33. The molecule has 28 heavy (non-hydrogen) atoms. The average Bonchev–Trinajstić information content (AvgIpc) is 3.30. The van der Waals surface area contributed by atoms with Gasteiger partial charge in [0.1, 0.15) is 11.3 Å². The standard InChI is InChI=1S/C25H21NOS/c1-3-25(4-2)20-13-16(15-27)9-11-18(20)19-12-10-17(14-21(19)25)24-26-22-7-5-6-8-23(22)28-24/h5-15H,3-4H2,1-2H3. The molecule has 0 spiro atoms. The van der Waals surface area contributed by atoms with Crippen molar-refractivity contribution >= 4 is 27.8 Å². The lowest BCUT2D eigenvalue weighted by Gasteiger charge is -2.30. The molecule has 3 heteroatoms. The zero-order valence-corrected chi connectivity index (χ0v) is 16.8. The van der Waals surface area contributed by atoms with E-state index < -0.39 is 0 Å². The number of nitrogens with zero attached hydrogens (tertiary/aromatic N) is 1. The highest BCUT2D eigenvalue weighted by atomic mass is 32.1. The minimum Gasteiger partial charge on any atom is -0.298 e. The van der Waals surface area contributed by atoms with Crippen molar-refractivity contribution in [2.45, 2.75) is 32.1 Å². The Bertz CT molecular complexity index is 1180. The number of rotatable bonds is 4. The largest absolute Gasteiger partial charge is 0.298 e. The Morgan fingerprint density at radius 1 is 0.929 bits per heavy atom. The Morgan fingerprint density at radius 2 is 1.64 bits per heavy atom. The molecule has 0 aliphatic heterocycles. The number of hydrogen-bond acceptors (Lipinski definition) is 3. The van der Waals surface area contributed by atoms with Gasteiger partial charge in [0.2, 0.25) is 0 Å². The average molecular weight is 384 g/mol. The van der Waals surface area contributed by atoms with Crippen molar-refractivity contribution in [3.05, 3.63) is 77.4 Å². The first-order valence-electron chi connectivity index (χ1n) is 9.80. The van der Waals surface area contributed by atoms with Gasteiger partial charge in [-0.05, 0) is 59.4 Å². The van der Waals surface area contributed by atoms with Crippen molar-refractivity contribution in [2.75, 3.05) is 0 Å². The Labute approximate surface area is 168 Å². The topological polar surface area (TPSA) is 30.0 Å². The van der Waals surface area contributed by atoms with E-state index in [0.717, 1.165) is 35.2 Å². The molecular weight excluding hydrogens is 362 g/mol. The lowest BCUT2D eigenvalue weighted by atomic mass is 9.73. The number of carbonyl (C=O) groups excluding carboxylic acids is 1. The van der Waals surface area contributed by atoms with Crippen LogP contribution in [0.5, 0.6) is 0 Å². The van der Waals surface area contributed by atoms with Gasteiger partial charge in [-0.3, -0.25) is 4.79 Å². The smallest absolute Gasteiger partial charge is 0.150 e. The highest BCUT2D eigenvalue weighted by molar-refractivity contribution is 7.21. The molecule has 0 atom stereocenters. The van der Waals surface area contributed by atoms with E-state index in [1.807, 2.05) is 12.1 Å². The molecule has 0 N–H and O–H groups in total. The fourth-order valence-electron chi connectivity index (χ4n) is 4.73. The second-order valence-corrected chi connectivity index (χ2v) is 8.49. The maximum absolute atomic E-state index is 11.4. The quantitative estimate of drug-likeness (QED) is 0.360. The second kappa shape index (κ2) is 6.39. The zero-order valence-electron chi connectivity index (χ0n) is 16.0. The van der Waals surface area contributed by atoms with Gasteiger partial charge in [-0.2, -0.15) is 0 Å². The van der Waals surface area contributed by atoms with E-state index >= 15 is 0 Å². The number of thiazole rings is 1. The summed E-state index contributed by atoms with van der Waals surface area (Å²) in [4.78, 5) is 16.2. The molecule has 0 radical (unpaired) electrons. The molecule has 0 fully saturated rings. The van der Waals surface area contributed by atoms with Crippen LogP contribution in [0.25, 0.3) is 31.9 Å². The van der Waals surface area contributed by atoms with Gasteiger partial charge in [0, 0.05) is 16.5 Å². The van der Waals surface area contributed by atoms with Gasteiger partial charge in [0.25, 0.3) is 0 Å². The highest BCUT2D eigenvalue weighted by Crippen LogP contribution is 2.53. The molecule has 0 bridgehead atoms. The molecule has 1 aromatic heterocycles. The van der Waals surface area contributed by atoms with E-state index in [4.69, 9.17) is 4.98 Å². The molecule has 1 aliphatic carbocycles. The third-order valence-electron chi connectivity index (χ3n) is 6.27. The first-order valence-corrected chi connectivity index (χ1v) is 10.6. The number of aromatic nitrogens is 1. The van der Waals surface area contributed by atoms with Crippen LogP contribution in [0.15, 0.2) is 60.7 Å². The number of hydrogen-bond donors (Lipinski definition) is 0. The SMILES string of the molecule is CCC1(CC)c2cc(C=O)ccc2-c2ccc(-c3nc4ccccc4s3)cc21. The normalized spacial score (nSPS) is 14.1. The number of fused-ring (bicyclic) bond motifs is 4. The van der Waals surface area contributed by atoms with E-state index in [9.17, 15) is 4.79 Å². The summed E-state index contributed by atoms with van der Waals surface area (Å²) >= 11 is 1.74. The van der Waals surface area contributed by atoms with Crippen LogP contribution >= 0.6 is 11.3 Å². The van der Waals surface area contributed by atoms with Gasteiger partial charge in [-0.1, -0.05) is 50.2 Å². The lowest BCUT2D eigenvalue weighted by molar-refractivity contribution is 0.112. The van der Waals surface area contributed by atoms with Gasteiger partial charge < -0.3 is 0 Å². The summed E-state index contributed by atoms with van der Waals surface area (Å²) in [5, 5.41) is 1.06.